The first-order valence-electron chi connectivity index (χ1n) is 5.73. The van der Waals surface area contributed by atoms with Crippen molar-refractivity contribution in [3.05, 3.63) is 27.1 Å². The van der Waals surface area contributed by atoms with Crippen LogP contribution in [-0.2, 0) is 0 Å². The van der Waals surface area contributed by atoms with E-state index in [1.54, 1.807) is 0 Å². The fourth-order valence-electron chi connectivity index (χ4n) is 1.91. The minimum Gasteiger partial charge on any atom is -0.345 e. The highest BCUT2D eigenvalue weighted by Crippen LogP contribution is 2.39. The van der Waals surface area contributed by atoms with Crippen molar-refractivity contribution in [1.29, 1.82) is 0 Å². The van der Waals surface area contributed by atoms with Crippen molar-refractivity contribution in [3.63, 3.8) is 0 Å². The van der Waals surface area contributed by atoms with Crippen molar-refractivity contribution in [3.8, 4) is 0 Å². The lowest BCUT2D eigenvalue weighted by atomic mass is 9.96. The van der Waals surface area contributed by atoms with Gasteiger partial charge in [0, 0.05) is 12.6 Å². The second-order valence-corrected chi connectivity index (χ2v) is 5.81. The van der Waals surface area contributed by atoms with E-state index in [0.717, 1.165) is 24.2 Å². The van der Waals surface area contributed by atoms with Gasteiger partial charge in [-0.15, -0.1) is 0 Å². The van der Waals surface area contributed by atoms with Gasteiger partial charge in [-0.3, -0.25) is 14.9 Å². The number of nitro groups is 1. The number of carbonyl (C=O) groups excluding carboxylic acids is 1. The molecule has 98 valence electrons. The first kappa shape index (κ1) is 13.0. The summed E-state index contributed by atoms with van der Waals surface area (Å²) in [7, 11) is 0. The monoisotopic (exact) mass is 269 g/mol. The van der Waals surface area contributed by atoms with E-state index < -0.39 is 10.5 Å². The van der Waals surface area contributed by atoms with Crippen LogP contribution >= 0.6 is 11.3 Å². The SMILES string of the molecule is CC(CN)(NC(=O)c1ccc([N+](=O)[O-])s1)C1CC1. The molecule has 1 aliphatic carbocycles. The largest absolute Gasteiger partial charge is 0.345 e. The molecule has 1 heterocycles. The van der Waals surface area contributed by atoms with Crippen LogP contribution in [0.15, 0.2) is 12.1 Å². The van der Waals surface area contributed by atoms with Crippen LogP contribution in [0.2, 0.25) is 0 Å². The number of rotatable bonds is 5. The third-order valence-electron chi connectivity index (χ3n) is 3.30. The van der Waals surface area contributed by atoms with Gasteiger partial charge >= 0.3 is 5.00 Å². The molecule has 1 saturated carbocycles. The summed E-state index contributed by atoms with van der Waals surface area (Å²) in [6.45, 7) is 2.29. The van der Waals surface area contributed by atoms with Crippen molar-refractivity contribution in [2.75, 3.05) is 6.54 Å². The lowest BCUT2D eigenvalue weighted by molar-refractivity contribution is -0.380. The zero-order valence-electron chi connectivity index (χ0n) is 10.0. The quantitative estimate of drug-likeness (QED) is 0.625. The molecule has 1 atom stereocenters. The normalized spacial score (nSPS) is 18.1. The second kappa shape index (κ2) is 4.66. The standard InChI is InChI=1S/C11H15N3O3S/c1-11(6-12,7-2-3-7)13-10(15)8-4-5-9(18-8)14(16)17/h4-5,7H,2-3,6,12H2,1H3,(H,13,15). The average Bonchev–Trinajstić information content (AvgIpc) is 3.06. The van der Waals surface area contributed by atoms with E-state index >= 15 is 0 Å². The topological polar surface area (TPSA) is 98.3 Å². The Morgan fingerprint density at radius 1 is 1.67 bits per heavy atom. The Hall–Kier alpha value is -1.47. The van der Waals surface area contributed by atoms with Gasteiger partial charge in [0.05, 0.1) is 15.3 Å². The number of amides is 1. The van der Waals surface area contributed by atoms with E-state index in [1.807, 2.05) is 6.92 Å². The maximum atomic E-state index is 12.0. The maximum Gasteiger partial charge on any atom is 0.324 e. The highest BCUT2D eigenvalue weighted by Gasteiger charge is 2.41. The van der Waals surface area contributed by atoms with Crippen molar-refractivity contribution < 1.29 is 9.72 Å². The van der Waals surface area contributed by atoms with Gasteiger partial charge in [0.1, 0.15) is 0 Å². The third-order valence-corrected chi connectivity index (χ3v) is 4.33. The molecule has 1 aromatic heterocycles. The van der Waals surface area contributed by atoms with E-state index in [2.05, 4.69) is 5.32 Å². The van der Waals surface area contributed by atoms with Crippen LogP contribution in [0.1, 0.15) is 29.4 Å². The molecule has 1 amide bonds. The van der Waals surface area contributed by atoms with E-state index in [0.29, 0.717) is 17.3 Å². The van der Waals surface area contributed by atoms with Crippen LogP contribution in [0.5, 0.6) is 0 Å². The number of hydrogen-bond acceptors (Lipinski definition) is 5. The van der Waals surface area contributed by atoms with E-state index in [4.69, 9.17) is 5.73 Å². The highest BCUT2D eigenvalue weighted by molar-refractivity contribution is 7.17. The van der Waals surface area contributed by atoms with Gasteiger partial charge in [-0.2, -0.15) is 0 Å². The van der Waals surface area contributed by atoms with Crippen molar-refractivity contribution in [2.24, 2.45) is 11.7 Å². The summed E-state index contributed by atoms with van der Waals surface area (Å²) in [4.78, 5) is 22.4. The summed E-state index contributed by atoms with van der Waals surface area (Å²) >= 11 is 0.880. The average molecular weight is 269 g/mol. The fraction of sp³-hybridized carbons (Fsp3) is 0.545. The minimum absolute atomic E-state index is 0.0268. The molecule has 1 fully saturated rings. The van der Waals surface area contributed by atoms with Gasteiger partial charge in [0.25, 0.3) is 5.91 Å². The molecule has 0 spiro atoms. The number of nitrogens with zero attached hydrogens (tertiary/aromatic N) is 1. The predicted molar refractivity (Wildman–Crippen MR) is 68.6 cm³/mol. The van der Waals surface area contributed by atoms with Crippen LogP contribution in [0, 0.1) is 16.0 Å². The van der Waals surface area contributed by atoms with Crippen LogP contribution in [0.4, 0.5) is 5.00 Å². The molecule has 0 aromatic carbocycles. The van der Waals surface area contributed by atoms with Gasteiger partial charge in [-0.1, -0.05) is 11.3 Å². The first-order chi connectivity index (χ1) is 8.46. The number of thiophene rings is 1. The molecule has 0 aliphatic heterocycles. The molecular formula is C11H15N3O3S. The van der Waals surface area contributed by atoms with Gasteiger partial charge in [-0.25, -0.2) is 0 Å². The van der Waals surface area contributed by atoms with E-state index in [1.165, 1.54) is 12.1 Å². The molecule has 1 aliphatic rings. The summed E-state index contributed by atoms with van der Waals surface area (Å²) in [5, 5.41) is 13.4. The van der Waals surface area contributed by atoms with Crippen molar-refractivity contribution in [1.82, 2.24) is 5.32 Å². The molecule has 1 unspecified atom stereocenters. The molecule has 6 nitrogen and oxygen atoms in total. The maximum absolute atomic E-state index is 12.0. The summed E-state index contributed by atoms with van der Waals surface area (Å²) in [5.74, 6) is 0.134. The summed E-state index contributed by atoms with van der Waals surface area (Å²) in [5.41, 5.74) is 5.30. The smallest absolute Gasteiger partial charge is 0.324 e. The third kappa shape index (κ3) is 2.51. The number of nitrogens with one attached hydrogen (secondary N) is 1. The van der Waals surface area contributed by atoms with Crippen LogP contribution in [-0.4, -0.2) is 22.9 Å². The molecule has 18 heavy (non-hydrogen) atoms. The van der Waals surface area contributed by atoms with Gasteiger partial charge < -0.3 is 11.1 Å². The Labute approximate surface area is 108 Å². The Kier molecular flexibility index (Phi) is 3.36. The Balaban J connectivity index is 2.08. The summed E-state index contributed by atoms with van der Waals surface area (Å²) in [6, 6.07) is 2.82. The number of nitrogens with two attached hydrogens (primary N) is 1. The van der Waals surface area contributed by atoms with Crippen LogP contribution < -0.4 is 11.1 Å². The molecule has 0 bridgehead atoms. The fourth-order valence-corrected chi connectivity index (χ4v) is 2.62. The summed E-state index contributed by atoms with van der Waals surface area (Å²) in [6.07, 6.45) is 2.14. The molecule has 2 rings (SSSR count). The van der Waals surface area contributed by atoms with Gasteiger partial charge in [0.2, 0.25) is 0 Å². The van der Waals surface area contributed by atoms with E-state index in [-0.39, 0.29) is 10.9 Å². The molecule has 7 heteroatoms. The Morgan fingerprint density at radius 2 is 2.33 bits per heavy atom. The predicted octanol–water partition coefficient (Wildman–Crippen LogP) is 1.51. The lowest BCUT2D eigenvalue weighted by Gasteiger charge is -2.29. The van der Waals surface area contributed by atoms with Crippen LogP contribution in [0.3, 0.4) is 0 Å². The zero-order chi connectivity index (χ0) is 13.3. The number of hydrogen-bond donors (Lipinski definition) is 2. The molecular weight excluding hydrogens is 254 g/mol. The van der Waals surface area contributed by atoms with Crippen molar-refractivity contribution in [2.45, 2.75) is 25.3 Å². The molecule has 1 aromatic rings. The summed E-state index contributed by atoms with van der Waals surface area (Å²) < 4.78 is 0. The van der Waals surface area contributed by atoms with Gasteiger partial charge in [0.15, 0.2) is 0 Å². The first-order valence-corrected chi connectivity index (χ1v) is 6.55. The minimum atomic E-state index is -0.496. The number of carbonyl (C=O) groups is 1. The second-order valence-electron chi connectivity index (χ2n) is 4.74. The Morgan fingerprint density at radius 3 is 2.78 bits per heavy atom. The zero-order valence-corrected chi connectivity index (χ0v) is 10.8. The van der Waals surface area contributed by atoms with Crippen LogP contribution in [0.25, 0.3) is 0 Å². The van der Waals surface area contributed by atoms with Gasteiger partial charge in [-0.05, 0) is 31.7 Å². The lowest BCUT2D eigenvalue weighted by Crippen LogP contribution is -2.53. The molecule has 0 radical (unpaired) electrons. The highest BCUT2D eigenvalue weighted by atomic mass is 32.1. The molecule has 3 N–H and O–H groups in total. The Bertz CT molecular complexity index is 484. The van der Waals surface area contributed by atoms with E-state index in [9.17, 15) is 14.9 Å². The molecule has 0 saturated heterocycles. The van der Waals surface area contributed by atoms with Crippen molar-refractivity contribution >= 4 is 22.2 Å².